The third-order valence-corrected chi connectivity index (χ3v) is 3.24. The van der Waals surface area contributed by atoms with Crippen molar-refractivity contribution in [2.75, 3.05) is 32.7 Å². The topological polar surface area (TPSA) is 69.6 Å². The van der Waals surface area contributed by atoms with Gasteiger partial charge in [-0.1, -0.05) is 49.4 Å². The highest BCUT2D eigenvalue weighted by Crippen LogP contribution is 2.01. The average Bonchev–Trinajstić information content (AvgIpc) is 2.56. The molecule has 1 aromatic carbocycles. The van der Waals surface area contributed by atoms with Crippen molar-refractivity contribution in [1.82, 2.24) is 10.2 Å². The molecule has 0 radical (unpaired) electrons. The van der Waals surface area contributed by atoms with Gasteiger partial charge in [0.15, 0.2) is 0 Å². The van der Waals surface area contributed by atoms with Crippen molar-refractivity contribution in [3.05, 3.63) is 42.0 Å². The van der Waals surface area contributed by atoms with Crippen molar-refractivity contribution < 1.29 is 14.7 Å². The second-order valence-corrected chi connectivity index (χ2v) is 4.95. The number of ketones is 1. The average molecular weight is 304 g/mol. The Morgan fingerprint density at radius 1 is 1.23 bits per heavy atom. The molecule has 120 valence electrons. The zero-order chi connectivity index (χ0) is 16.2. The van der Waals surface area contributed by atoms with Crippen molar-refractivity contribution in [2.24, 2.45) is 0 Å². The number of aliphatic carboxylic acids is 1. The maximum Gasteiger partial charge on any atom is 0.372 e. The Balaban J connectivity index is 0.000000295. The number of carboxylic acid groups (broad SMARTS) is 1. The summed E-state index contributed by atoms with van der Waals surface area (Å²) in [5.74, 6) is -2.08. The van der Waals surface area contributed by atoms with E-state index in [0.717, 1.165) is 19.6 Å². The monoisotopic (exact) mass is 304 g/mol. The number of hydrogen-bond donors (Lipinski definition) is 2. The van der Waals surface area contributed by atoms with Gasteiger partial charge >= 0.3 is 5.97 Å². The summed E-state index contributed by atoms with van der Waals surface area (Å²) >= 11 is 0. The summed E-state index contributed by atoms with van der Waals surface area (Å²) < 4.78 is 0. The van der Waals surface area contributed by atoms with Crippen molar-refractivity contribution in [3.8, 4) is 0 Å². The van der Waals surface area contributed by atoms with Gasteiger partial charge in [-0.15, -0.1) is 0 Å². The maximum atomic E-state index is 9.91. The number of carbonyl (C=O) groups excluding carboxylic acids is 1. The van der Waals surface area contributed by atoms with E-state index in [1.807, 2.05) is 6.07 Å². The Labute approximate surface area is 131 Å². The van der Waals surface area contributed by atoms with Crippen LogP contribution in [0.25, 0.3) is 6.08 Å². The molecule has 1 aliphatic rings. The molecule has 1 aromatic rings. The van der Waals surface area contributed by atoms with Crippen LogP contribution in [-0.2, 0) is 9.59 Å². The predicted octanol–water partition coefficient (Wildman–Crippen LogP) is 1.66. The molecule has 22 heavy (non-hydrogen) atoms. The molecular weight excluding hydrogens is 280 g/mol. The minimum Gasteiger partial charge on any atom is -0.476 e. The number of rotatable bonds is 5. The van der Waals surface area contributed by atoms with E-state index < -0.39 is 11.8 Å². The van der Waals surface area contributed by atoms with Gasteiger partial charge in [-0.05, 0) is 5.56 Å². The van der Waals surface area contributed by atoms with Crippen molar-refractivity contribution in [1.29, 1.82) is 0 Å². The molecule has 0 saturated carbocycles. The van der Waals surface area contributed by atoms with E-state index in [9.17, 15) is 9.59 Å². The molecule has 2 rings (SSSR count). The van der Waals surface area contributed by atoms with E-state index in [4.69, 9.17) is 5.11 Å². The number of Topliss-reactive ketones (excluding diaryl/α,β-unsaturated/α-hetero) is 1. The van der Waals surface area contributed by atoms with Gasteiger partial charge in [0.25, 0.3) is 0 Å². The molecule has 0 bridgehead atoms. The summed E-state index contributed by atoms with van der Waals surface area (Å²) in [7, 11) is 0. The van der Waals surface area contributed by atoms with E-state index in [-0.39, 0.29) is 6.42 Å². The first-order valence-electron chi connectivity index (χ1n) is 7.54. The summed E-state index contributed by atoms with van der Waals surface area (Å²) in [6.45, 7) is 7.16. The quantitative estimate of drug-likeness (QED) is 0.810. The lowest BCUT2D eigenvalue weighted by molar-refractivity contribution is -0.148. The van der Waals surface area contributed by atoms with Crippen molar-refractivity contribution >= 4 is 17.8 Å². The molecule has 0 unspecified atom stereocenters. The van der Waals surface area contributed by atoms with Gasteiger partial charge in [-0.25, -0.2) is 4.79 Å². The molecule has 5 heteroatoms. The van der Waals surface area contributed by atoms with E-state index in [0.29, 0.717) is 0 Å². The van der Waals surface area contributed by atoms with E-state index in [1.54, 1.807) is 0 Å². The fraction of sp³-hybridized carbons (Fsp3) is 0.412. The molecule has 1 saturated heterocycles. The molecule has 1 aliphatic heterocycles. The van der Waals surface area contributed by atoms with Gasteiger partial charge in [0.1, 0.15) is 0 Å². The van der Waals surface area contributed by atoms with Crippen molar-refractivity contribution in [3.63, 3.8) is 0 Å². The SMILES string of the molecule is C(=Cc1ccccc1)CN1CCNCC1.CCC(=O)C(=O)O. The molecule has 0 amide bonds. The molecule has 1 heterocycles. The van der Waals surface area contributed by atoms with Crippen LogP contribution in [0, 0.1) is 0 Å². The van der Waals surface area contributed by atoms with Gasteiger partial charge in [0.2, 0.25) is 5.78 Å². The fourth-order valence-electron chi connectivity index (χ4n) is 1.95. The van der Waals surface area contributed by atoms with Gasteiger partial charge in [0.05, 0.1) is 0 Å². The lowest BCUT2D eigenvalue weighted by Crippen LogP contribution is -2.43. The zero-order valence-electron chi connectivity index (χ0n) is 13.0. The van der Waals surface area contributed by atoms with E-state index in [1.165, 1.54) is 25.6 Å². The van der Waals surface area contributed by atoms with Crippen LogP contribution in [-0.4, -0.2) is 54.5 Å². The molecule has 0 spiro atoms. The summed E-state index contributed by atoms with van der Waals surface area (Å²) in [6.07, 6.45) is 4.53. The van der Waals surface area contributed by atoms with Gasteiger partial charge in [-0.3, -0.25) is 9.69 Å². The molecule has 2 N–H and O–H groups in total. The number of benzene rings is 1. The molecule has 0 aliphatic carbocycles. The maximum absolute atomic E-state index is 9.91. The molecule has 1 fully saturated rings. The largest absolute Gasteiger partial charge is 0.476 e. The number of hydrogen-bond acceptors (Lipinski definition) is 4. The number of nitrogens with zero attached hydrogens (tertiary/aromatic N) is 1. The highest BCUT2D eigenvalue weighted by molar-refractivity contribution is 6.32. The minimum atomic E-state index is -1.34. The third-order valence-electron chi connectivity index (χ3n) is 3.24. The summed E-state index contributed by atoms with van der Waals surface area (Å²) in [4.78, 5) is 22.0. The zero-order valence-corrected chi connectivity index (χ0v) is 13.0. The Morgan fingerprint density at radius 3 is 2.36 bits per heavy atom. The lowest BCUT2D eigenvalue weighted by atomic mass is 10.2. The highest BCUT2D eigenvalue weighted by atomic mass is 16.4. The molecule has 0 aromatic heterocycles. The second-order valence-electron chi connectivity index (χ2n) is 4.95. The summed E-state index contributed by atoms with van der Waals surface area (Å²) in [5, 5.41) is 11.2. The normalized spacial score (nSPS) is 15.1. The van der Waals surface area contributed by atoms with Crippen LogP contribution in [0.3, 0.4) is 0 Å². The summed E-state index contributed by atoms with van der Waals surface area (Å²) in [6, 6.07) is 10.5. The minimum absolute atomic E-state index is 0.0787. The second kappa shape index (κ2) is 10.7. The number of piperazine rings is 1. The first-order valence-corrected chi connectivity index (χ1v) is 7.54. The van der Waals surface area contributed by atoms with Gasteiger partial charge in [0, 0.05) is 39.1 Å². The number of nitrogens with one attached hydrogen (secondary N) is 1. The predicted molar refractivity (Wildman–Crippen MR) is 87.7 cm³/mol. The molecule has 5 nitrogen and oxygen atoms in total. The van der Waals surface area contributed by atoms with Crippen LogP contribution in [0.5, 0.6) is 0 Å². The highest BCUT2D eigenvalue weighted by Gasteiger charge is 2.06. The first kappa shape index (κ1) is 18.1. The number of carboxylic acids is 1. The van der Waals surface area contributed by atoms with Crippen LogP contribution in [0.15, 0.2) is 36.4 Å². The van der Waals surface area contributed by atoms with Crippen molar-refractivity contribution in [2.45, 2.75) is 13.3 Å². The number of carbonyl (C=O) groups is 2. The first-order chi connectivity index (χ1) is 10.6. The third kappa shape index (κ3) is 7.71. The van der Waals surface area contributed by atoms with Crippen LogP contribution in [0.1, 0.15) is 18.9 Å². The lowest BCUT2D eigenvalue weighted by Gasteiger charge is -2.25. The van der Waals surface area contributed by atoms with Crippen LogP contribution < -0.4 is 5.32 Å². The van der Waals surface area contributed by atoms with Crippen LogP contribution in [0.4, 0.5) is 0 Å². The fourth-order valence-corrected chi connectivity index (χ4v) is 1.95. The van der Waals surface area contributed by atoms with E-state index in [2.05, 4.69) is 46.6 Å². The van der Waals surface area contributed by atoms with E-state index >= 15 is 0 Å². The molecule has 0 atom stereocenters. The van der Waals surface area contributed by atoms with Gasteiger partial charge < -0.3 is 10.4 Å². The Kier molecular flexibility index (Phi) is 8.79. The Bertz CT molecular complexity index is 480. The molecular formula is C17H24N2O3. The van der Waals surface area contributed by atoms with Crippen LogP contribution in [0.2, 0.25) is 0 Å². The van der Waals surface area contributed by atoms with Gasteiger partial charge in [-0.2, -0.15) is 0 Å². The smallest absolute Gasteiger partial charge is 0.372 e. The Hall–Kier alpha value is -1.98. The Morgan fingerprint density at radius 2 is 1.86 bits per heavy atom. The van der Waals surface area contributed by atoms with Crippen LogP contribution >= 0.6 is 0 Å². The summed E-state index contributed by atoms with van der Waals surface area (Å²) in [5.41, 5.74) is 1.28. The standard InChI is InChI=1S/C13H18N2.C4H6O3/c1-2-5-13(6-3-1)7-4-10-15-11-8-14-9-12-15;1-2-3(5)4(6)7/h1-7,14H,8-12H2;2H2,1H3,(H,6,7).